The van der Waals surface area contributed by atoms with Crippen molar-refractivity contribution in [2.24, 2.45) is 5.92 Å². The monoisotopic (exact) mass is 269 g/mol. The highest BCUT2D eigenvalue weighted by Gasteiger charge is 2.26. The molecule has 1 aromatic carbocycles. The van der Waals surface area contributed by atoms with Crippen LogP contribution in [0.4, 0.5) is 8.78 Å². The number of halogens is 2. The molecule has 0 spiro atoms. The topological polar surface area (TPSA) is 38.3 Å². The van der Waals surface area contributed by atoms with Gasteiger partial charge in [-0.1, -0.05) is 6.92 Å². The van der Waals surface area contributed by atoms with E-state index in [2.05, 4.69) is 5.32 Å². The van der Waals surface area contributed by atoms with Crippen molar-refractivity contribution in [3.05, 3.63) is 35.4 Å². The van der Waals surface area contributed by atoms with Gasteiger partial charge in [-0.25, -0.2) is 8.78 Å². The van der Waals surface area contributed by atoms with E-state index in [9.17, 15) is 13.6 Å². The van der Waals surface area contributed by atoms with Gasteiger partial charge in [-0.05, 0) is 31.0 Å². The third-order valence-electron chi connectivity index (χ3n) is 3.36. The Balaban J connectivity index is 2.10. The van der Waals surface area contributed by atoms with Crippen LogP contribution >= 0.6 is 0 Å². The molecule has 0 unspecified atom stereocenters. The molecule has 0 bridgehead atoms. The van der Waals surface area contributed by atoms with Crippen LogP contribution in [0, 0.1) is 17.6 Å². The second kappa shape index (κ2) is 6.10. The van der Waals surface area contributed by atoms with Crippen LogP contribution in [0.15, 0.2) is 18.2 Å². The number of nitrogens with one attached hydrogen (secondary N) is 1. The van der Waals surface area contributed by atoms with E-state index in [1.54, 1.807) is 0 Å². The minimum absolute atomic E-state index is 0.159. The highest BCUT2D eigenvalue weighted by Crippen LogP contribution is 2.22. The Morgan fingerprint density at radius 3 is 2.95 bits per heavy atom. The second-order valence-corrected chi connectivity index (χ2v) is 4.70. The fourth-order valence-electron chi connectivity index (χ4n) is 2.21. The van der Waals surface area contributed by atoms with Crippen molar-refractivity contribution in [2.45, 2.75) is 25.8 Å². The number of rotatable bonds is 4. The molecule has 2 rings (SSSR count). The van der Waals surface area contributed by atoms with Crippen LogP contribution in [0.25, 0.3) is 0 Å². The first-order valence-electron chi connectivity index (χ1n) is 6.45. The van der Waals surface area contributed by atoms with Gasteiger partial charge in [0.1, 0.15) is 11.6 Å². The SMILES string of the molecule is CC[C@@H](NC(=O)[C@@H]1CCOC1)c1cc(F)ccc1F. The molecule has 2 atom stereocenters. The molecule has 19 heavy (non-hydrogen) atoms. The van der Waals surface area contributed by atoms with Gasteiger partial charge in [0.2, 0.25) is 5.91 Å². The molecule has 1 aromatic rings. The van der Waals surface area contributed by atoms with Gasteiger partial charge in [-0.15, -0.1) is 0 Å². The summed E-state index contributed by atoms with van der Waals surface area (Å²) >= 11 is 0. The van der Waals surface area contributed by atoms with E-state index < -0.39 is 17.7 Å². The van der Waals surface area contributed by atoms with Gasteiger partial charge in [-0.2, -0.15) is 0 Å². The number of hydrogen-bond acceptors (Lipinski definition) is 2. The summed E-state index contributed by atoms with van der Waals surface area (Å²) in [5.41, 5.74) is 0.190. The average Bonchev–Trinajstić information content (AvgIpc) is 2.93. The maximum absolute atomic E-state index is 13.7. The molecule has 1 saturated heterocycles. The third kappa shape index (κ3) is 3.29. The van der Waals surface area contributed by atoms with Crippen molar-refractivity contribution in [3.8, 4) is 0 Å². The fraction of sp³-hybridized carbons (Fsp3) is 0.500. The molecule has 0 aliphatic carbocycles. The minimum Gasteiger partial charge on any atom is -0.381 e. The number of carbonyl (C=O) groups excluding carboxylic acids is 1. The summed E-state index contributed by atoms with van der Waals surface area (Å²) in [6, 6.07) is 2.77. The molecule has 104 valence electrons. The highest BCUT2D eigenvalue weighted by molar-refractivity contribution is 5.79. The normalized spacial score (nSPS) is 20.3. The Bertz CT molecular complexity index is 459. The molecule has 0 radical (unpaired) electrons. The molecular formula is C14H17F2NO2. The van der Waals surface area contributed by atoms with E-state index in [1.165, 1.54) is 0 Å². The van der Waals surface area contributed by atoms with E-state index in [0.717, 1.165) is 18.2 Å². The van der Waals surface area contributed by atoms with Crippen LogP contribution in [-0.4, -0.2) is 19.1 Å². The quantitative estimate of drug-likeness (QED) is 0.912. The van der Waals surface area contributed by atoms with Crippen LogP contribution in [0.1, 0.15) is 31.4 Å². The van der Waals surface area contributed by atoms with Gasteiger partial charge in [0.15, 0.2) is 0 Å². The van der Waals surface area contributed by atoms with Gasteiger partial charge in [-0.3, -0.25) is 4.79 Å². The Morgan fingerprint density at radius 2 is 2.32 bits per heavy atom. The van der Waals surface area contributed by atoms with Gasteiger partial charge in [0, 0.05) is 12.2 Å². The largest absolute Gasteiger partial charge is 0.381 e. The first kappa shape index (κ1) is 13.9. The van der Waals surface area contributed by atoms with Gasteiger partial charge in [0.05, 0.1) is 18.6 Å². The van der Waals surface area contributed by atoms with E-state index in [-0.39, 0.29) is 17.4 Å². The predicted octanol–water partition coefficient (Wildman–Crippen LogP) is 2.57. The minimum atomic E-state index is -0.510. The number of hydrogen-bond donors (Lipinski definition) is 1. The lowest BCUT2D eigenvalue weighted by Crippen LogP contribution is -2.34. The summed E-state index contributed by atoms with van der Waals surface area (Å²) in [7, 11) is 0. The number of amides is 1. The summed E-state index contributed by atoms with van der Waals surface area (Å²) in [6.45, 7) is 2.79. The molecule has 5 heteroatoms. The molecule has 1 aliphatic heterocycles. The number of ether oxygens (including phenoxy) is 1. The first-order chi connectivity index (χ1) is 9.11. The Morgan fingerprint density at radius 1 is 1.53 bits per heavy atom. The molecule has 1 N–H and O–H groups in total. The van der Waals surface area contributed by atoms with Crippen molar-refractivity contribution in [2.75, 3.05) is 13.2 Å². The summed E-state index contributed by atoms with van der Waals surface area (Å²) in [6.07, 6.45) is 1.17. The van der Waals surface area contributed by atoms with E-state index in [0.29, 0.717) is 26.1 Å². The zero-order chi connectivity index (χ0) is 13.8. The third-order valence-corrected chi connectivity index (χ3v) is 3.36. The van der Waals surface area contributed by atoms with Crippen molar-refractivity contribution in [3.63, 3.8) is 0 Å². The highest BCUT2D eigenvalue weighted by atomic mass is 19.1. The Hall–Kier alpha value is -1.49. The van der Waals surface area contributed by atoms with E-state index >= 15 is 0 Å². The summed E-state index contributed by atoms with van der Waals surface area (Å²) in [5.74, 6) is -1.36. The maximum atomic E-state index is 13.7. The molecule has 1 heterocycles. The van der Waals surface area contributed by atoms with Crippen molar-refractivity contribution in [1.82, 2.24) is 5.32 Å². The lowest BCUT2D eigenvalue weighted by Gasteiger charge is -2.20. The zero-order valence-electron chi connectivity index (χ0n) is 10.8. The van der Waals surface area contributed by atoms with Gasteiger partial charge >= 0.3 is 0 Å². The van der Waals surface area contributed by atoms with Crippen molar-refractivity contribution in [1.29, 1.82) is 0 Å². The van der Waals surface area contributed by atoms with Crippen LogP contribution in [0.2, 0.25) is 0 Å². The van der Waals surface area contributed by atoms with E-state index in [1.807, 2.05) is 6.92 Å². The van der Waals surface area contributed by atoms with Crippen LogP contribution < -0.4 is 5.32 Å². The Kier molecular flexibility index (Phi) is 4.47. The van der Waals surface area contributed by atoms with E-state index in [4.69, 9.17) is 4.74 Å². The smallest absolute Gasteiger partial charge is 0.226 e. The number of carbonyl (C=O) groups is 1. The van der Waals surface area contributed by atoms with Crippen molar-refractivity contribution >= 4 is 5.91 Å². The number of benzene rings is 1. The zero-order valence-corrected chi connectivity index (χ0v) is 10.8. The Labute approximate surface area is 111 Å². The van der Waals surface area contributed by atoms with Gasteiger partial charge in [0.25, 0.3) is 0 Å². The van der Waals surface area contributed by atoms with Crippen LogP contribution in [-0.2, 0) is 9.53 Å². The molecule has 1 fully saturated rings. The second-order valence-electron chi connectivity index (χ2n) is 4.70. The summed E-state index contributed by atoms with van der Waals surface area (Å²) in [4.78, 5) is 12.0. The summed E-state index contributed by atoms with van der Waals surface area (Å²) in [5, 5.41) is 2.77. The van der Waals surface area contributed by atoms with Crippen LogP contribution in [0.5, 0.6) is 0 Å². The molecule has 0 saturated carbocycles. The maximum Gasteiger partial charge on any atom is 0.226 e. The summed E-state index contributed by atoms with van der Waals surface area (Å²) < 4.78 is 32.0. The van der Waals surface area contributed by atoms with Gasteiger partial charge < -0.3 is 10.1 Å². The lowest BCUT2D eigenvalue weighted by atomic mass is 10.0. The molecule has 1 amide bonds. The molecule has 3 nitrogen and oxygen atoms in total. The van der Waals surface area contributed by atoms with Crippen LogP contribution in [0.3, 0.4) is 0 Å². The molecular weight excluding hydrogens is 252 g/mol. The first-order valence-corrected chi connectivity index (χ1v) is 6.45. The average molecular weight is 269 g/mol. The molecule has 0 aromatic heterocycles. The molecule has 1 aliphatic rings. The fourth-order valence-corrected chi connectivity index (χ4v) is 2.21. The standard InChI is InChI=1S/C14H17F2NO2/c1-2-13(11-7-10(15)3-4-12(11)16)17-14(18)9-5-6-19-8-9/h3-4,7,9,13H,2,5-6,8H2,1H3,(H,17,18)/t9-,13-/m1/s1. The van der Waals surface area contributed by atoms with Crippen molar-refractivity contribution < 1.29 is 18.3 Å². The lowest BCUT2D eigenvalue weighted by molar-refractivity contribution is -0.125. The predicted molar refractivity (Wildman–Crippen MR) is 66.5 cm³/mol.